The van der Waals surface area contributed by atoms with Crippen LogP contribution in [-0.4, -0.2) is 35.9 Å². The van der Waals surface area contributed by atoms with Crippen LogP contribution in [0, 0.1) is 5.92 Å². The number of aliphatic hydroxyl groups is 1. The second-order valence-electron chi connectivity index (χ2n) is 2.83. The van der Waals surface area contributed by atoms with Crippen LogP contribution in [-0.2, 0) is 4.79 Å². The molecule has 70 valence electrons. The number of aliphatic hydroxyl groups excluding tert-OH is 1. The van der Waals surface area contributed by atoms with Gasteiger partial charge in [-0.05, 0) is 5.92 Å². The lowest BCUT2D eigenvalue weighted by atomic mass is 10.2. The molecular formula is C8H15NO3. The van der Waals surface area contributed by atoms with E-state index in [1.54, 1.807) is 0 Å². The van der Waals surface area contributed by atoms with Gasteiger partial charge >= 0.3 is 5.97 Å². The molecule has 0 aliphatic rings. The van der Waals surface area contributed by atoms with Gasteiger partial charge in [0.2, 0.25) is 0 Å². The van der Waals surface area contributed by atoms with Crippen molar-refractivity contribution in [2.45, 2.75) is 6.92 Å². The maximum atomic E-state index is 10.3. The maximum Gasteiger partial charge on any atom is 0.332 e. The third-order valence-electron chi connectivity index (χ3n) is 1.45. The zero-order valence-electron chi connectivity index (χ0n) is 7.21. The molecule has 0 aliphatic heterocycles. The summed E-state index contributed by atoms with van der Waals surface area (Å²) in [4.78, 5) is 10.3. The predicted molar refractivity (Wildman–Crippen MR) is 45.9 cm³/mol. The Hall–Kier alpha value is -0.870. The first-order valence-electron chi connectivity index (χ1n) is 3.80. The average Bonchev–Trinajstić information content (AvgIpc) is 2.03. The minimum absolute atomic E-state index is 0.104. The van der Waals surface area contributed by atoms with E-state index < -0.39 is 5.97 Å². The molecule has 0 heterocycles. The molecule has 0 rings (SSSR count). The Morgan fingerprint density at radius 1 is 1.67 bits per heavy atom. The van der Waals surface area contributed by atoms with Crippen molar-refractivity contribution >= 4 is 5.97 Å². The van der Waals surface area contributed by atoms with E-state index >= 15 is 0 Å². The standard InChI is InChI=1S/C8H15NO3/c1-6(5-10)3-9-4-7(2)8(11)12/h6,9-10H,2-5H2,1H3,(H,11,12). The van der Waals surface area contributed by atoms with E-state index in [-0.39, 0.29) is 24.6 Å². The molecule has 0 saturated heterocycles. The van der Waals surface area contributed by atoms with Crippen LogP contribution in [0.3, 0.4) is 0 Å². The first-order valence-corrected chi connectivity index (χ1v) is 3.80. The lowest BCUT2D eigenvalue weighted by Gasteiger charge is -2.08. The van der Waals surface area contributed by atoms with E-state index in [0.29, 0.717) is 6.54 Å². The second kappa shape index (κ2) is 5.74. The molecule has 12 heavy (non-hydrogen) atoms. The van der Waals surface area contributed by atoms with Crippen molar-refractivity contribution in [2.75, 3.05) is 19.7 Å². The van der Waals surface area contributed by atoms with E-state index in [9.17, 15) is 4.79 Å². The Kier molecular flexibility index (Phi) is 5.32. The highest BCUT2D eigenvalue weighted by Gasteiger charge is 2.04. The molecule has 4 nitrogen and oxygen atoms in total. The second-order valence-corrected chi connectivity index (χ2v) is 2.83. The number of nitrogens with one attached hydrogen (secondary N) is 1. The van der Waals surface area contributed by atoms with Crippen LogP contribution >= 0.6 is 0 Å². The Morgan fingerprint density at radius 2 is 2.25 bits per heavy atom. The number of rotatable bonds is 6. The molecule has 1 unspecified atom stereocenters. The number of carbonyl (C=O) groups is 1. The van der Waals surface area contributed by atoms with E-state index in [2.05, 4.69) is 11.9 Å². The maximum absolute atomic E-state index is 10.3. The summed E-state index contributed by atoms with van der Waals surface area (Å²) in [6, 6.07) is 0. The fraction of sp³-hybridized carbons (Fsp3) is 0.625. The van der Waals surface area contributed by atoms with Crippen LogP contribution in [0.15, 0.2) is 12.2 Å². The molecule has 0 spiro atoms. The van der Waals surface area contributed by atoms with E-state index in [1.807, 2.05) is 6.92 Å². The van der Waals surface area contributed by atoms with Gasteiger partial charge in [0.05, 0.1) is 0 Å². The van der Waals surface area contributed by atoms with Crippen molar-refractivity contribution < 1.29 is 15.0 Å². The molecular weight excluding hydrogens is 158 g/mol. The molecule has 0 saturated carbocycles. The van der Waals surface area contributed by atoms with Crippen LogP contribution in [0.2, 0.25) is 0 Å². The van der Waals surface area contributed by atoms with E-state index in [0.717, 1.165) is 0 Å². The fourth-order valence-electron chi connectivity index (χ4n) is 0.610. The van der Waals surface area contributed by atoms with Crippen molar-refractivity contribution in [2.24, 2.45) is 5.92 Å². The summed E-state index contributed by atoms with van der Waals surface area (Å²) in [5, 5.41) is 19.9. The lowest BCUT2D eigenvalue weighted by Crippen LogP contribution is -2.26. The highest BCUT2D eigenvalue weighted by Crippen LogP contribution is 1.91. The largest absolute Gasteiger partial charge is 0.478 e. The Bertz CT molecular complexity index is 168. The van der Waals surface area contributed by atoms with Crippen molar-refractivity contribution in [1.82, 2.24) is 5.32 Å². The molecule has 0 fully saturated rings. The summed E-state index contributed by atoms with van der Waals surface area (Å²) in [6.45, 7) is 6.19. The Labute approximate surface area is 71.9 Å². The average molecular weight is 173 g/mol. The summed E-state index contributed by atoms with van der Waals surface area (Å²) in [5.74, 6) is -0.842. The number of hydrogen-bond acceptors (Lipinski definition) is 3. The minimum Gasteiger partial charge on any atom is -0.478 e. The topological polar surface area (TPSA) is 69.6 Å². The van der Waals surface area contributed by atoms with Crippen LogP contribution in [0.1, 0.15) is 6.92 Å². The highest BCUT2D eigenvalue weighted by atomic mass is 16.4. The summed E-state index contributed by atoms with van der Waals surface area (Å²) >= 11 is 0. The number of carboxylic acids is 1. The summed E-state index contributed by atoms with van der Waals surface area (Å²) < 4.78 is 0. The van der Waals surface area contributed by atoms with Crippen LogP contribution < -0.4 is 5.32 Å². The Balaban J connectivity index is 3.44. The predicted octanol–water partition coefficient (Wildman–Crippen LogP) is -0.155. The summed E-state index contributed by atoms with van der Waals surface area (Å²) in [7, 11) is 0. The molecule has 0 aromatic rings. The third kappa shape index (κ3) is 4.87. The van der Waals surface area contributed by atoms with Crippen molar-refractivity contribution in [3.05, 3.63) is 12.2 Å². The molecule has 0 aliphatic carbocycles. The number of hydrogen-bond donors (Lipinski definition) is 3. The van der Waals surface area contributed by atoms with Crippen molar-refractivity contribution in [3.8, 4) is 0 Å². The first-order chi connectivity index (χ1) is 5.57. The zero-order chi connectivity index (χ0) is 9.56. The van der Waals surface area contributed by atoms with Crippen molar-refractivity contribution in [1.29, 1.82) is 0 Å². The zero-order valence-corrected chi connectivity index (χ0v) is 7.21. The smallest absolute Gasteiger partial charge is 0.332 e. The summed E-state index contributed by atoms with van der Waals surface area (Å²) in [5.41, 5.74) is 0.139. The number of carboxylic acid groups (broad SMARTS) is 1. The molecule has 0 aromatic heterocycles. The van der Waals surface area contributed by atoms with Gasteiger partial charge in [-0.15, -0.1) is 0 Å². The molecule has 0 radical (unpaired) electrons. The fourth-order valence-corrected chi connectivity index (χ4v) is 0.610. The highest BCUT2D eigenvalue weighted by molar-refractivity contribution is 5.86. The van der Waals surface area contributed by atoms with Gasteiger partial charge in [0.15, 0.2) is 0 Å². The molecule has 3 N–H and O–H groups in total. The van der Waals surface area contributed by atoms with Gasteiger partial charge in [-0.25, -0.2) is 4.79 Å². The van der Waals surface area contributed by atoms with Gasteiger partial charge in [0, 0.05) is 25.3 Å². The minimum atomic E-state index is -0.987. The number of aliphatic carboxylic acids is 1. The SMILES string of the molecule is C=C(CNCC(C)CO)C(=O)O. The molecule has 0 aromatic carbocycles. The first kappa shape index (κ1) is 11.1. The van der Waals surface area contributed by atoms with Gasteiger partial charge in [-0.3, -0.25) is 0 Å². The van der Waals surface area contributed by atoms with Crippen molar-refractivity contribution in [3.63, 3.8) is 0 Å². The normalized spacial score (nSPS) is 12.5. The summed E-state index contributed by atoms with van der Waals surface area (Å²) in [6.07, 6.45) is 0. The molecule has 1 atom stereocenters. The van der Waals surface area contributed by atoms with Crippen LogP contribution in [0.4, 0.5) is 0 Å². The van der Waals surface area contributed by atoms with Crippen LogP contribution in [0.5, 0.6) is 0 Å². The lowest BCUT2D eigenvalue weighted by molar-refractivity contribution is -0.132. The quantitative estimate of drug-likeness (QED) is 0.488. The van der Waals surface area contributed by atoms with Gasteiger partial charge in [0.25, 0.3) is 0 Å². The van der Waals surface area contributed by atoms with Crippen LogP contribution in [0.25, 0.3) is 0 Å². The van der Waals surface area contributed by atoms with Gasteiger partial charge in [0.1, 0.15) is 0 Å². The van der Waals surface area contributed by atoms with E-state index in [1.165, 1.54) is 0 Å². The van der Waals surface area contributed by atoms with Gasteiger partial charge in [-0.2, -0.15) is 0 Å². The monoisotopic (exact) mass is 173 g/mol. The molecule has 4 heteroatoms. The van der Waals surface area contributed by atoms with Gasteiger partial charge < -0.3 is 15.5 Å². The molecule has 0 amide bonds. The van der Waals surface area contributed by atoms with E-state index in [4.69, 9.17) is 10.2 Å². The third-order valence-corrected chi connectivity index (χ3v) is 1.45. The molecule has 0 bridgehead atoms. The Morgan fingerprint density at radius 3 is 2.67 bits per heavy atom. The van der Waals surface area contributed by atoms with Gasteiger partial charge in [-0.1, -0.05) is 13.5 Å².